The highest BCUT2D eigenvalue weighted by molar-refractivity contribution is 7.89. The van der Waals surface area contributed by atoms with Crippen molar-refractivity contribution in [2.24, 2.45) is 5.92 Å². The van der Waals surface area contributed by atoms with E-state index < -0.39 is 10.0 Å². The summed E-state index contributed by atoms with van der Waals surface area (Å²) in [6.45, 7) is 3.64. The summed E-state index contributed by atoms with van der Waals surface area (Å²) in [5, 5.41) is 5.74. The number of hydrogen-bond donors (Lipinski definition) is 3. The van der Waals surface area contributed by atoms with Crippen molar-refractivity contribution in [3.63, 3.8) is 0 Å². The minimum Gasteiger partial charge on any atom is -0.355 e. The maximum atomic E-state index is 12.4. The summed E-state index contributed by atoms with van der Waals surface area (Å²) in [7, 11) is -2.02. The SMILES string of the molecule is CNC(=O)c1ccc(S(=O)(=O)NC2CCNCC2C)cc1. The van der Waals surface area contributed by atoms with Gasteiger partial charge in [0.25, 0.3) is 5.91 Å². The molecule has 1 amide bonds. The van der Waals surface area contributed by atoms with Crippen LogP contribution in [0.5, 0.6) is 0 Å². The molecule has 0 radical (unpaired) electrons. The first-order valence-electron chi connectivity index (χ1n) is 6.99. The lowest BCUT2D eigenvalue weighted by molar-refractivity contribution is 0.0963. The van der Waals surface area contributed by atoms with Gasteiger partial charge >= 0.3 is 0 Å². The third-order valence-corrected chi connectivity index (χ3v) is 5.25. The number of nitrogens with one attached hydrogen (secondary N) is 3. The zero-order valence-corrected chi connectivity index (χ0v) is 13.0. The average Bonchev–Trinajstić information content (AvgIpc) is 2.49. The van der Waals surface area contributed by atoms with Gasteiger partial charge in [0.05, 0.1) is 4.90 Å². The van der Waals surface area contributed by atoms with Crippen LogP contribution in [0.4, 0.5) is 0 Å². The Morgan fingerprint density at radius 3 is 2.52 bits per heavy atom. The van der Waals surface area contributed by atoms with Gasteiger partial charge in [-0.2, -0.15) is 0 Å². The van der Waals surface area contributed by atoms with E-state index in [1.54, 1.807) is 0 Å². The fourth-order valence-corrected chi connectivity index (χ4v) is 3.77. The van der Waals surface area contributed by atoms with Crippen molar-refractivity contribution in [2.75, 3.05) is 20.1 Å². The van der Waals surface area contributed by atoms with Crippen LogP contribution in [0.25, 0.3) is 0 Å². The monoisotopic (exact) mass is 311 g/mol. The third kappa shape index (κ3) is 3.81. The Balaban J connectivity index is 2.13. The summed E-state index contributed by atoms with van der Waals surface area (Å²) >= 11 is 0. The Bertz CT molecular complexity index is 598. The van der Waals surface area contributed by atoms with E-state index in [1.807, 2.05) is 6.92 Å². The molecule has 2 rings (SSSR count). The van der Waals surface area contributed by atoms with Gasteiger partial charge in [-0.05, 0) is 49.7 Å². The van der Waals surface area contributed by atoms with Crippen LogP contribution < -0.4 is 15.4 Å². The van der Waals surface area contributed by atoms with Gasteiger partial charge in [-0.15, -0.1) is 0 Å². The van der Waals surface area contributed by atoms with Gasteiger partial charge in [-0.25, -0.2) is 13.1 Å². The molecule has 0 aliphatic carbocycles. The van der Waals surface area contributed by atoms with E-state index in [0.717, 1.165) is 19.5 Å². The van der Waals surface area contributed by atoms with Crippen LogP contribution in [0.15, 0.2) is 29.2 Å². The summed E-state index contributed by atoms with van der Waals surface area (Å²) in [4.78, 5) is 11.6. The van der Waals surface area contributed by atoms with Gasteiger partial charge in [0, 0.05) is 18.7 Å². The smallest absolute Gasteiger partial charge is 0.251 e. The lowest BCUT2D eigenvalue weighted by Gasteiger charge is -2.29. The minimum absolute atomic E-state index is 0.0603. The Kier molecular flexibility index (Phi) is 4.97. The minimum atomic E-state index is -3.55. The lowest BCUT2D eigenvalue weighted by atomic mass is 9.97. The van der Waals surface area contributed by atoms with Crippen LogP contribution in [-0.4, -0.2) is 40.5 Å². The molecule has 0 saturated carbocycles. The number of carbonyl (C=O) groups is 1. The number of benzene rings is 1. The molecule has 0 aromatic heterocycles. The summed E-state index contributed by atoms with van der Waals surface area (Å²) in [6, 6.07) is 5.88. The predicted molar refractivity (Wildman–Crippen MR) is 80.6 cm³/mol. The van der Waals surface area contributed by atoms with Gasteiger partial charge < -0.3 is 10.6 Å². The highest BCUT2D eigenvalue weighted by atomic mass is 32.2. The third-order valence-electron chi connectivity index (χ3n) is 3.75. The summed E-state index contributed by atoms with van der Waals surface area (Å²) in [6.07, 6.45) is 0.775. The second-order valence-electron chi connectivity index (χ2n) is 5.30. The Labute approximate surface area is 125 Å². The van der Waals surface area contributed by atoms with Crippen LogP contribution in [0.2, 0.25) is 0 Å². The Morgan fingerprint density at radius 1 is 1.29 bits per heavy atom. The molecule has 1 aromatic carbocycles. The molecule has 3 N–H and O–H groups in total. The molecule has 1 fully saturated rings. The number of rotatable bonds is 4. The maximum Gasteiger partial charge on any atom is 0.251 e. The Hall–Kier alpha value is -1.44. The van der Waals surface area contributed by atoms with Gasteiger partial charge in [0.2, 0.25) is 10.0 Å². The molecule has 0 bridgehead atoms. The molecule has 1 aromatic rings. The zero-order chi connectivity index (χ0) is 15.5. The number of amides is 1. The topological polar surface area (TPSA) is 87.3 Å². The molecule has 1 heterocycles. The molecular formula is C14H21N3O3S. The molecule has 116 valence electrons. The Morgan fingerprint density at radius 2 is 1.95 bits per heavy atom. The van der Waals surface area contributed by atoms with Gasteiger partial charge in [-0.1, -0.05) is 6.92 Å². The van der Waals surface area contributed by atoms with Crippen molar-refractivity contribution >= 4 is 15.9 Å². The molecule has 2 atom stereocenters. The first kappa shape index (κ1) is 15.9. The first-order valence-corrected chi connectivity index (χ1v) is 8.47. The quantitative estimate of drug-likeness (QED) is 0.747. The summed E-state index contributed by atoms with van der Waals surface area (Å²) in [5.74, 6) is 0.0116. The molecule has 2 unspecified atom stereocenters. The van der Waals surface area contributed by atoms with Crippen LogP contribution in [0.3, 0.4) is 0 Å². The van der Waals surface area contributed by atoms with E-state index in [1.165, 1.54) is 31.3 Å². The first-order chi connectivity index (χ1) is 9.94. The molecule has 1 aliphatic rings. The molecule has 0 spiro atoms. The molecule has 1 aliphatic heterocycles. The van der Waals surface area contributed by atoms with Crippen molar-refractivity contribution in [1.82, 2.24) is 15.4 Å². The predicted octanol–water partition coefficient (Wildman–Crippen LogP) is 0.323. The molecule has 7 heteroatoms. The highest BCUT2D eigenvalue weighted by Crippen LogP contribution is 2.16. The summed E-state index contributed by atoms with van der Waals surface area (Å²) < 4.78 is 27.5. The lowest BCUT2D eigenvalue weighted by Crippen LogP contribution is -2.48. The highest BCUT2D eigenvalue weighted by Gasteiger charge is 2.26. The van der Waals surface area contributed by atoms with Gasteiger partial charge in [-0.3, -0.25) is 4.79 Å². The van der Waals surface area contributed by atoms with Crippen molar-refractivity contribution < 1.29 is 13.2 Å². The van der Waals surface area contributed by atoms with E-state index in [0.29, 0.717) is 5.56 Å². The van der Waals surface area contributed by atoms with E-state index in [9.17, 15) is 13.2 Å². The molecule has 21 heavy (non-hydrogen) atoms. The number of carbonyl (C=O) groups excluding carboxylic acids is 1. The van der Waals surface area contributed by atoms with Crippen molar-refractivity contribution in [3.8, 4) is 0 Å². The van der Waals surface area contributed by atoms with Crippen LogP contribution in [0, 0.1) is 5.92 Å². The fraction of sp³-hybridized carbons (Fsp3) is 0.500. The standard InChI is InChI=1S/C14H21N3O3S/c1-10-9-16-8-7-13(10)17-21(19,20)12-5-3-11(4-6-12)14(18)15-2/h3-6,10,13,16-17H,7-9H2,1-2H3,(H,15,18). The molecule has 6 nitrogen and oxygen atoms in total. The molecule has 1 saturated heterocycles. The van der Waals surface area contributed by atoms with Gasteiger partial charge in [0.15, 0.2) is 0 Å². The van der Waals surface area contributed by atoms with E-state index in [4.69, 9.17) is 0 Å². The van der Waals surface area contributed by atoms with E-state index >= 15 is 0 Å². The second kappa shape index (κ2) is 6.55. The van der Waals surface area contributed by atoms with Crippen molar-refractivity contribution in [3.05, 3.63) is 29.8 Å². The van der Waals surface area contributed by atoms with E-state index in [2.05, 4.69) is 15.4 Å². The number of hydrogen-bond acceptors (Lipinski definition) is 4. The largest absolute Gasteiger partial charge is 0.355 e. The molecular weight excluding hydrogens is 290 g/mol. The normalized spacial score (nSPS) is 22.8. The van der Waals surface area contributed by atoms with Gasteiger partial charge in [0.1, 0.15) is 0 Å². The fourth-order valence-electron chi connectivity index (χ4n) is 2.39. The average molecular weight is 311 g/mol. The summed E-state index contributed by atoms with van der Waals surface area (Å²) in [5.41, 5.74) is 0.437. The number of sulfonamides is 1. The second-order valence-corrected chi connectivity index (χ2v) is 7.02. The maximum absolute atomic E-state index is 12.4. The van der Waals surface area contributed by atoms with Crippen LogP contribution >= 0.6 is 0 Å². The van der Waals surface area contributed by atoms with Crippen molar-refractivity contribution in [2.45, 2.75) is 24.3 Å². The van der Waals surface area contributed by atoms with Crippen LogP contribution in [-0.2, 0) is 10.0 Å². The number of piperidine rings is 1. The van der Waals surface area contributed by atoms with E-state index in [-0.39, 0.29) is 22.8 Å². The van der Waals surface area contributed by atoms with Crippen LogP contribution in [0.1, 0.15) is 23.7 Å². The zero-order valence-electron chi connectivity index (χ0n) is 12.2. The van der Waals surface area contributed by atoms with Crippen molar-refractivity contribution in [1.29, 1.82) is 0 Å².